The van der Waals surface area contributed by atoms with E-state index in [0.29, 0.717) is 17.2 Å². The van der Waals surface area contributed by atoms with Crippen LogP contribution in [0.1, 0.15) is 24.1 Å². The van der Waals surface area contributed by atoms with Gasteiger partial charge in [-0.05, 0) is 54.4 Å². The summed E-state index contributed by atoms with van der Waals surface area (Å²) in [5, 5.41) is 2.93. The molecule has 0 aliphatic rings. The number of carbonyl (C=O) groups excluding carboxylic acids is 2. The fourth-order valence-electron chi connectivity index (χ4n) is 3.16. The van der Waals surface area contributed by atoms with E-state index in [0.717, 1.165) is 11.1 Å². The summed E-state index contributed by atoms with van der Waals surface area (Å²) in [6.07, 6.45) is -0.848. The molecule has 33 heavy (non-hydrogen) atoms. The van der Waals surface area contributed by atoms with Crippen LogP contribution in [0.25, 0.3) is 0 Å². The predicted octanol–water partition coefficient (Wildman–Crippen LogP) is 3.92. The second kappa shape index (κ2) is 11.6. The van der Waals surface area contributed by atoms with Crippen LogP contribution < -0.4 is 19.5 Å². The monoisotopic (exact) mass is 449 g/mol. The Morgan fingerprint density at radius 3 is 1.76 bits per heavy atom. The zero-order valence-electron chi connectivity index (χ0n) is 18.8. The summed E-state index contributed by atoms with van der Waals surface area (Å²) in [6.45, 7) is 1.15. The number of methoxy groups -OCH3 is 2. The number of para-hydroxylation sites is 1. The Labute approximate surface area is 193 Å². The molecule has 0 aliphatic heterocycles. The molecule has 0 spiro atoms. The maximum Gasteiger partial charge on any atom is 0.347 e. The van der Waals surface area contributed by atoms with Crippen molar-refractivity contribution in [2.75, 3.05) is 20.8 Å². The number of carbonyl (C=O) groups is 2. The highest BCUT2D eigenvalue weighted by Crippen LogP contribution is 2.26. The molecule has 1 amide bonds. The lowest BCUT2D eigenvalue weighted by Gasteiger charge is -2.21. The average Bonchev–Trinajstić information content (AvgIpc) is 2.86. The molecule has 3 aromatic carbocycles. The van der Waals surface area contributed by atoms with E-state index in [9.17, 15) is 9.59 Å². The summed E-state index contributed by atoms with van der Waals surface area (Å²) >= 11 is 0. The lowest BCUT2D eigenvalue weighted by molar-refractivity contribution is -0.154. The van der Waals surface area contributed by atoms with Gasteiger partial charge < -0.3 is 24.3 Å². The van der Waals surface area contributed by atoms with E-state index in [-0.39, 0.29) is 0 Å². The van der Waals surface area contributed by atoms with Crippen LogP contribution in [-0.2, 0) is 14.3 Å². The summed E-state index contributed by atoms with van der Waals surface area (Å²) < 4.78 is 21.2. The third-order valence-corrected chi connectivity index (χ3v) is 4.94. The highest BCUT2D eigenvalue weighted by atomic mass is 16.6. The molecule has 172 valence electrons. The van der Waals surface area contributed by atoms with Crippen LogP contribution >= 0.6 is 0 Å². The van der Waals surface area contributed by atoms with Gasteiger partial charge in [-0.1, -0.05) is 42.5 Å². The molecule has 7 nitrogen and oxygen atoms in total. The summed E-state index contributed by atoms with van der Waals surface area (Å²) in [5.41, 5.74) is 1.70. The molecule has 1 N–H and O–H groups in total. The first-order chi connectivity index (χ1) is 16.0. The second-order valence-corrected chi connectivity index (χ2v) is 7.23. The van der Waals surface area contributed by atoms with Crippen molar-refractivity contribution in [2.45, 2.75) is 19.1 Å². The van der Waals surface area contributed by atoms with Crippen molar-refractivity contribution in [2.24, 2.45) is 0 Å². The van der Waals surface area contributed by atoms with Crippen LogP contribution in [0.5, 0.6) is 17.2 Å². The van der Waals surface area contributed by atoms with Gasteiger partial charge >= 0.3 is 5.97 Å². The normalized spacial score (nSPS) is 11.4. The average molecular weight is 450 g/mol. The van der Waals surface area contributed by atoms with Crippen LogP contribution in [0, 0.1) is 0 Å². The van der Waals surface area contributed by atoms with E-state index < -0.39 is 30.6 Å². The Morgan fingerprint density at radius 2 is 1.27 bits per heavy atom. The van der Waals surface area contributed by atoms with E-state index in [1.165, 1.54) is 0 Å². The van der Waals surface area contributed by atoms with E-state index in [1.54, 1.807) is 45.4 Å². The highest BCUT2D eigenvalue weighted by Gasteiger charge is 2.21. The number of benzene rings is 3. The van der Waals surface area contributed by atoms with Crippen LogP contribution in [0.15, 0.2) is 78.9 Å². The van der Waals surface area contributed by atoms with Gasteiger partial charge in [-0.15, -0.1) is 0 Å². The van der Waals surface area contributed by atoms with Crippen molar-refractivity contribution in [1.29, 1.82) is 0 Å². The quantitative estimate of drug-likeness (QED) is 0.473. The Morgan fingerprint density at radius 1 is 0.758 bits per heavy atom. The third-order valence-electron chi connectivity index (χ3n) is 4.94. The van der Waals surface area contributed by atoms with Gasteiger partial charge in [0.1, 0.15) is 17.2 Å². The van der Waals surface area contributed by atoms with Crippen LogP contribution in [0.2, 0.25) is 0 Å². The fraction of sp³-hybridized carbons (Fsp3) is 0.231. The van der Waals surface area contributed by atoms with Gasteiger partial charge in [0, 0.05) is 0 Å². The molecule has 0 heterocycles. The smallest absolute Gasteiger partial charge is 0.347 e. The molecule has 0 saturated carbocycles. The molecule has 1 atom stereocenters. The number of amides is 1. The van der Waals surface area contributed by atoms with E-state index in [4.69, 9.17) is 18.9 Å². The Balaban J connectivity index is 1.65. The molecule has 3 aromatic rings. The summed E-state index contributed by atoms with van der Waals surface area (Å²) in [6, 6.07) is 23.3. The Kier molecular flexibility index (Phi) is 8.30. The van der Waals surface area contributed by atoms with Crippen LogP contribution in [-0.4, -0.2) is 38.8 Å². The number of hydrogen-bond acceptors (Lipinski definition) is 6. The van der Waals surface area contributed by atoms with Crippen molar-refractivity contribution in [3.8, 4) is 17.2 Å². The van der Waals surface area contributed by atoms with Gasteiger partial charge in [-0.2, -0.15) is 0 Å². The maximum atomic E-state index is 12.7. The van der Waals surface area contributed by atoms with Gasteiger partial charge in [-0.3, -0.25) is 4.79 Å². The van der Waals surface area contributed by atoms with E-state index >= 15 is 0 Å². The molecule has 1 unspecified atom stereocenters. The third kappa shape index (κ3) is 6.74. The molecular weight excluding hydrogens is 422 g/mol. The Bertz CT molecular complexity index is 987. The highest BCUT2D eigenvalue weighted by molar-refractivity contribution is 5.82. The largest absolute Gasteiger partial charge is 0.497 e. The number of nitrogens with one attached hydrogen (secondary N) is 1. The first-order valence-electron chi connectivity index (χ1n) is 10.5. The molecule has 0 fully saturated rings. The fourth-order valence-corrected chi connectivity index (χ4v) is 3.16. The molecule has 0 saturated heterocycles. The molecule has 0 aromatic heterocycles. The maximum absolute atomic E-state index is 12.7. The van der Waals surface area contributed by atoms with Crippen molar-refractivity contribution >= 4 is 11.9 Å². The predicted molar refractivity (Wildman–Crippen MR) is 123 cm³/mol. The minimum absolute atomic E-state index is 0.426. The topological polar surface area (TPSA) is 83.1 Å². The zero-order valence-corrected chi connectivity index (χ0v) is 18.8. The number of hydrogen-bond donors (Lipinski definition) is 1. The molecule has 0 bridgehead atoms. The van der Waals surface area contributed by atoms with E-state index in [1.807, 2.05) is 54.6 Å². The lowest BCUT2D eigenvalue weighted by atomic mass is 9.98. The van der Waals surface area contributed by atoms with Crippen molar-refractivity contribution in [1.82, 2.24) is 5.32 Å². The summed E-state index contributed by atoms with van der Waals surface area (Å²) in [7, 11) is 3.18. The second-order valence-electron chi connectivity index (χ2n) is 7.23. The SMILES string of the molecule is COc1ccc(C(NC(=O)COC(=O)C(C)Oc2ccccc2)c2ccc(OC)cc2)cc1. The van der Waals surface area contributed by atoms with Crippen molar-refractivity contribution < 1.29 is 28.5 Å². The van der Waals surface area contributed by atoms with Crippen LogP contribution in [0.3, 0.4) is 0 Å². The van der Waals surface area contributed by atoms with Crippen molar-refractivity contribution in [3.05, 3.63) is 90.0 Å². The standard InChI is InChI=1S/C26H27NO6/c1-18(33-23-7-5-4-6-8-23)26(29)32-17-24(28)27-25(19-9-13-21(30-2)14-10-19)20-11-15-22(31-3)16-12-20/h4-16,18,25H,17H2,1-3H3,(H,27,28). The number of ether oxygens (including phenoxy) is 4. The zero-order chi connectivity index (χ0) is 23.6. The van der Waals surface area contributed by atoms with Gasteiger partial charge in [0.05, 0.1) is 20.3 Å². The molecule has 0 aliphatic carbocycles. The molecular formula is C26H27NO6. The summed E-state index contributed by atoms with van der Waals surface area (Å²) in [5.74, 6) is 0.900. The van der Waals surface area contributed by atoms with Gasteiger partial charge in [0.15, 0.2) is 12.7 Å². The van der Waals surface area contributed by atoms with Gasteiger partial charge in [0.25, 0.3) is 5.91 Å². The van der Waals surface area contributed by atoms with Crippen LogP contribution in [0.4, 0.5) is 0 Å². The molecule has 3 rings (SSSR count). The summed E-state index contributed by atoms with van der Waals surface area (Å²) in [4.78, 5) is 24.9. The molecule has 7 heteroatoms. The number of esters is 1. The first-order valence-corrected chi connectivity index (χ1v) is 10.5. The molecule has 0 radical (unpaired) electrons. The van der Waals surface area contributed by atoms with Crippen molar-refractivity contribution in [3.63, 3.8) is 0 Å². The number of rotatable bonds is 10. The minimum Gasteiger partial charge on any atom is -0.497 e. The van der Waals surface area contributed by atoms with E-state index in [2.05, 4.69) is 5.32 Å². The van der Waals surface area contributed by atoms with Gasteiger partial charge in [-0.25, -0.2) is 4.79 Å². The Hall–Kier alpha value is -4.00. The lowest BCUT2D eigenvalue weighted by Crippen LogP contribution is -2.35. The first kappa shape index (κ1) is 23.7. The minimum atomic E-state index is -0.848. The van der Waals surface area contributed by atoms with Gasteiger partial charge in [0.2, 0.25) is 0 Å².